The standard InChI is InChI=1S/C16H17ClN4O2/c17-12-7-20-15-11(1-3-18-15)14(12)9-5-13(19-6-9)16(23)21-4-2-10(22)8-21/h1,3,5-6,10,12,19,22H,2,4,7-8H2,(H,18,20). The molecule has 0 spiro atoms. The van der Waals surface area contributed by atoms with Crippen molar-refractivity contribution in [3.63, 3.8) is 0 Å². The van der Waals surface area contributed by atoms with Crippen molar-refractivity contribution in [1.82, 2.24) is 14.9 Å². The summed E-state index contributed by atoms with van der Waals surface area (Å²) in [6.45, 7) is 1.49. The number of aromatic amines is 2. The Morgan fingerprint density at radius 3 is 3.09 bits per heavy atom. The molecule has 2 aromatic heterocycles. The van der Waals surface area contributed by atoms with Gasteiger partial charge in [0, 0.05) is 30.7 Å². The molecule has 0 saturated carbocycles. The minimum absolute atomic E-state index is 0.0886. The zero-order valence-corrected chi connectivity index (χ0v) is 13.2. The van der Waals surface area contributed by atoms with Crippen molar-refractivity contribution < 1.29 is 9.90 Å². The van der Waals surface area contributed by atoms with Crippen LogP contribution in [0.1, 0.15) is 22.5 Å². The maximum atomic E-state index is 12.5. The van der Waals surface area contributed by atoms with Crippen molar-refractivity contribution in [2.75, 3.05) is 19.6 Å². The number of likely N-dealkylation sites (tertiary alicyclic amines) is 1. The summed E-state index contributed by atoms with van der Waals surface area (Å²) in [6, 6.07) is 3.79. The van der Waals surface area contributed by atoms with Gasteiger partial charge in [0.1, 0.15) is 11.2 Å². The molecule has 0 bridgehead atoms. The number of fused-ring (bicyclic) bond motifs is 1. The number of aliphatic hydroxyl groups excluding tert-OH is 1. The number of H-pyrrole nitrogens is 2. The van der Waals surface area contributed by atoms with Gasteiger partial charge in [-0.1, -0.05) is 0 Å². The van der Waals surface area contributed by atoms with Gasteiger partial charge in [-0.15, -0.1) is 11.6 Å². The summed E-state index contributed by atoms with van der Waals surface area (Å²) in [5, 5.41) is 10.3. The molecule has 0 radical (unpaired) electrons. The van der Waals surface area contributed by atoms with Crippen LogP contribution < -0.4 is 10.7 Å². The van der Waals surface area contributed by atoms with Gasteiger partial charge in [0.05, 0.1) is 18.0 Å². The van der Waals surface area contributed by atoms with Crippen LogP contribution in [0.5, 0.6) is 0 Å². The smallest absolute Gasteiger partial charge is 0.270 e. The Balaban J connectivity index is 1.70. The van der Waals surface area contributed by atoms with E-state index in [2.05, 4.69) is 15.0 Å². The highest BCUT2D eigenvalue weighted by molar-refractivity contribution is 6.26. The number of nitrogens with zero attached hydrogens (tertiary/aromatic N) is 2. The van der Waals surface area contributed by atoms with Crippen molar-refractivity contribution in [1.29, 1.82) is 0 Å². The van der Waals surface area contributed by atoms with Gasteiger partial charge in [0.25, 0.3) is 5.91 Å². The van der Waals surface area contributed by atoms with E-state index in [4.69, 9.17) is 11.6 Å². The van der Waals surface area contributed by atoms with Crippen molar-refractivity contribution in [3.05, 3.63) is 46.5 Å². The highest BCUT2D eigenvalue weighted by atomic mass is 35.5. The molecule has 2 unspecified atom stereocenters. The van der Waals surface area contributed by atoms with Gasteiger partial charge in [0.15, 0.2) is 0 Å². The average molecular weight is 333 g/mol. The Morgan fingerprint density at radius 2 is 2.30 bits per heavy atom. The first-order valence-electron chi connectivity index (χ1n) is 7.66. The molecule has 4 heterocycles. The molecule has 2 aliphatic heterocycles. The quantitative estimate of drug-likeness (QED) is 0.676. The van der Waals surface area contributed by atoms with Crippen LogP contribution in [0.25, 0.3) is 5.57 Å². The largest absolute Gasteiger partial charge is 0.391 e. The van der Waals surface area contributed by atoms with Crippen LogP contribution in [0, 0.1) is 0 Å². The van der Waals surface area contributed by atoms with E-state index in [0.29, 0.717) is 31.7 Å². The number of alkyl halides is 1. The minimum Gasteiger partial charge on any atom is -0.391 e. The molecule has 0 aliphatic carbocycles. The third kappa shape index (κ3) is 2.48. The monoisotopic (exact) mass is 332 g/mol. The number of carbonyl (C=O) groups excluding carboxylic acids is 1. The SMILES string of the molecule is O=C(c1cc(C2=c3cc[nH]c3=NCC2Cl)c[nH]1)N1CCC(O)C1. The normalized spacial score (nSPS) is 23.7. The van der Waals surface area contributed by atoms with E-state index in [-0.39, 0.29) is 11.3 Å². The van der Waals surface area contributed by atoms with Gasteiger partial charge in [-0.25, -0.2) is 0 Å². The van der Waals surface area contributed by atoms with E-state index >= 15 is 0 Å². The molecule has 7 heteroatoms. The maximum Gasteiger partial charge on any atom is 0.270 e. The zero-order chi connectivity index (χ0) is 16.0. The van der Waals surface area contributed by atoms with Crippen LogP contribution in [0.15, 0.2) is 29.5 Å². The molecule has 4 rings (SSSR count). The van der Waals surface area contributed by atoms with E-state index < -0.39 is 6.10 Å². The molecule has 1 amide bonds. The first-order chi connectivity index (χ1) is 11.1. The summed E-state index contributed by atoms with van der Waals surface area (Å²) in [5.41, 5.74) is 3.23. The third-order valence-corrected chi connectivity index (χ3v) is 4.77. The molecule has 2 atom stereocenters. The number of β-amino-alcohol motifs (C(OH)–C–C–N with tert-alkyl or cyclic N) is 1. The zero-order valence-electron chi connectivity index (χ0n) is 12.4. The van der Waals surface area contributed by atoms with Crippen molar-refractivity contribution in [3.8, 4) is 0 Å². The second-order valence-electron chi connectivity index (χ2n) is 5.96. The third-order valence-electron chi connectivity index (χ3n) is 4.41. The van der Waals surface area contributed by atoms with Crippen LogP contribution in [0.3, 0.4) is 0 Å². The number of hydrogen-bond acceptors (Lipinski definition) is 3. The van der Waals surface area contributed by atoms with Crippen LogP contribution in [-0.4, -0.2) is 57.0 Å². The van der Waals surface area contributed by atoms with Crippen LogP contribution in [0.2, 0.25) is 0 Å². The Bertz CT molecular complexity index is 869. The van der Waals surface area contributed by atoms with E-state index in [1.807, 2.05) is 24.5 Å². The fraction of sp³-hybridized carbons (Fsp3) is 0.375. The highest BCUT2D eigenvalue weighted by Crippen LogP contribution is 2.23. The van der Waals surface area contributed by atoms with E-state index in [1.54, 1.807) is 4.90 Å². The lowest BCUT2D eigenvalue weighted by Crippen LogP contribution is -2.34. The van der Waals surface area contributed by atoms with Crippen molar-refractivity contribution in [2.45, 2.75) is 17.9 Å². The second kappa shape index (κ2) is 5.54. The van der Waals surface area contributed by atoms with Gasteiger partial charge in [-0.3, -0.25) is 9.79 Å². The Morgan fingerprint density at radius 1 is 1.43 bits per heavy atom. The van der Waals surface area contributed by atoms with Gasteiger partial charge in [-0.05, 0) is 29.7 Å². The summed E-state index contributed by atoms with van der Waals surface area (Å²) < 4.78 is 0. The lowest BCUT2D eigenvalue weighted by molar-refractivity contribution is 0.0760. The summed E-state index contributed by atoms with van der Waals surface area (Å²) in [7, 11) is 0. The Labute approximate surface area is 137 Å². The number of hydrogen-bond donors (Lipinski definition) is 3. The highest BCUT2D eigenvalue weighted by Gasteiger charge is 2.27. The minimum atomic E-state index is -0.419. The number of amides is 1. The molecular weight excluding hydrogens is 316 g/mol. The topological polar surface area (TPSA) is 84.5 Å². The van der Waals surface area contributed by atoms with E-state index in [1.165, 1.54) is 0 Å². The van der Waals surface area contributed by atoms with Crippen LogP contribution >= 0.6 is 11.6 Å². The second-order valence-corrected chi connectivity index (χ2v) is 6.48. The Hall–Kier alpha value is -2.05. The number of carbonyl (C=O) groups is 1. The molecule has 1 saturated heterocycles. The fourth-order valence-corrected chi connectivity index (χ4v) is 3.56. The number of nitrogens with one attached hydrogen (secondary N) is 2. The number of halogens is 1. The molecule has 23 heavy (non-hydrogen) atoms. The van der Waals surface area contributed by atoms with Gasteiger partial charge < -0.3 is 20.0 Å². The molecule has 0 aromatic carbocycles. The van der Waals surface area contributed by atoms with Crippen molar-refractivity contribution >= 4 is 23.1 Å². The average Bonchev–Trinajstić information content (AvgIpc) is 3.25. The molecule has 2 aromatic rings. The van der Waals surface area contributed by atoms with Crippen LogP contribution in [0.4, 0.5) is 0 Å². The molecule has 3 N–H and O–H groups in total. The number of aliphatic hydroxyl groups is 1. The predicted octanol–water partition coefficient (Wildman–Crippen LogP) is -0.0108. The molecule has 1 fully saturated rings. The summed E-state index contributed by atoms with van der Waals surface area (Å²) >= 11 is 6.45. The predicted molar refractivity (Wildman–Crippen MR) is 85.9 cm³/mol. The fourth-order valence-electron chi connectivity index (χ4n) is 3.25. The maximum absolute atomic E-state index is 12.5. The van der Waals surface area contributed by atoms with E-state index in [0.717, 1.165) is 21.8 Å². The van der Waals surface area contributed by atoms with Crippen LogP contribution in [-0.2, 0) is 0 Å². The molecular formula is C16H17ClN4O2. The number of aromatic nitrogens is 2. The first-order valence-corrected chi connectivity index (χ1v) is 8.09. The summed E-state index contributed by atoms with van der Waals surface area (Å²) in [4.78, 5) is 24.7. The Kier molecular flexibility index (Phi) is 3.50. The lowest BCUT2D eigenvalue weighted by atomic mass is 10.0. The first kappa shape index (κ1) is 14.5. The van der Waals surface area contributed by atoms with Crippen molar-refractivity contribution in [2.24, 2.45) is 4.99 Å². The summed E-state index contributed by atoms with van der Waals surface area (Å²) in [6.07, 6.45) is 3.87. The molecule has 2 aliphatic rings. The van der Waals surface area contributed by atoms with E-state index in [9.17, 15) is 9.90 Å². The molecule has 120 valence electrons. The molecule has 6 nitrogen and oxygen atoms in total. The lowest BCUT2D eigenvalue weighted by Gasteiger charge is -2.14. The van der Waals surface area contributed by atoms with Gasteiger partial charge >= 0.3 is 0 Å². The van der Waals surface area contributed by atoms with Gasteiger partial charge in [-0.2, -0.15) is 0 Å². The number of rotatable bonds is 2. The summed E-state index contributed by atoms with van der Waals surface area (Å²) in [5.74, 6) is -0.0886. The van der Waals surface area contributed by atoms with Gasteiger partial charge in [0.2, 0.25) is 0 Å².